The molecule has 0 bridgehead atoms. The van der Waals surface area contributed by atoms with Gasteiger partial charge in [-0.3, -0.25) is 14.7 Å². The van der Waals surface area contributed by atoms with Crippen molar-refractivity contribution in [2.45, 2.75) is 81.4 Å². The fraction of sp³-hybridized carbons (Fsp3) is 0.615. The zero-order chi connectivity index (χ0) is 27.3. The van der Waals surface area contributed by atoms with Gasteiger partial charge in [0, 0.05) is 42.6 Å². The van der Waals surface area contributed by atoms with E-state index in [0.29, 0.717) is 37.9 Å². The number of nitrogens with one attached hydrogen (secondary N) is 2. The highest BCUT2D eigenvalue weighted by Gasteiger charge is 2.55. The number of hydrogen-bond donors (Lipinski definition) is 3. The number of likely N-dealkylation sites (tertiary alicyclic amines) is 1. The molecule has 2 aromatic rings. The van der Waals surface area contributed by atoms with Gasteiger partial charge in [0.25, 0.3) is 11.8 Å². The molecule has 2 aliphatic carbocycles. The van der Waals surface area contributed by atoms with Crippen LogP contribution in [-0.2, 0) is 4.79 Å². The van der Waals surface area contributed by atoms with Gasteiger partial charge < -0.3 is 20.1 Å². The standard InChI is InChI=1S/C26H32F3N5O4/c1-24(28,29)26(37)6-3-16(4-7-26)31-22(35)15-5-10-34(25(13-15)8-9-25)23(36)20-12-19(32-33-20)17-11-21(38-2)30-14-18(17)27/h11-12,14-16,37H,3-10,13H2,1-2H3,(H,31,35)(H,32,33)/t15-,16-,26-/m0/s1. The average Bonchev–Trinajstić information content (AvgIpc) is 3.46. The number of aromatic amines is 1. The molecule has 12 heteroatoms. The van der Waals surface area contributed by atoms with Crippen LogP contribution < -0.4 is 10.1 Å². The lowest BCUT2D eigenvalue weighted by Crippen LogP contribution is -2.54. The predicted octanol–water partition coefficient (Wildman–Crippen LogP) is 3.45. The highest BCUT2D eigenvalue weighted by Crippen LogP contribution is 2.50. The zero-order valence-electron chi connectivity index (χ0n) is 21.4. The van der Waals surface area contributed by atoms with Crippen LogP contribution in [0.5, 0.6) is 5.88 Å². The molecule has 1 atom stereocenters. The summed E-state index contributed by atoms with van der Waals surface area (Å²) in [5, 5.41) is 20.1. The molecule has 3 fully saturated rings. The summed E-state index contributed by atoms with van der Waals surface area (Å²) in [6.45, 7) is 1.11. The Balaban J connectivity index is 1.20. The summed E-state index contributed by atoms with van der Waals surface area (Å²) in [6.07, 6.45) is 4.02. The minimum absolute atomic E-state index is 0.0693. The summed E-state index contributed by atoms with van der Waals surface area (Å²) in [4.78, 5) is 32.0. The first-order valence-electron chi connectivity index (χ1n) is 12.9. The number of halogens is 3. The molecule has 0 unspecified atom stereocenters. The number of H-pyrrole nitrogens is 1. The molecule has 3 heterocycles. The van der Waals surface area contributed by atoms with Crippen LogP contribution >= 0.6 is 0 Å². The lowest BCUT2D eigenvalue weighted by Gasteiger charge is -2.41. The third-order valence-electron chi connectivity index (χ3n) is 8.45. The van der Waals surface area contributed by atoms with Crippen LogP contribution in [0.1, 0.15) is 68.8 Å². The Kier molecular flexibility index (Phi) is 6.65. The fourth-order valence-corrected chi connectivity index (χ4v) is 5.79. The summed E-state index contributed by atoms with van der Waals surface area (Å²) in [5.74, 6) is -4.24. The normalized spacial score (nSPS) is 26.7. The minimum Gasteiger partial charge on any atom is -0.481 e. The Morgan fingerprint density at radius 1 is 1.21 bits per heavy atom. The molecule has 3 aliphatic rings. The SMILES string of the molecule is COc1cc(-c2cc(C(=O)N3CC[C@H](C(=O)N[C@H]4CC[C@@](O)(C(C)(F)F)CC4)CC34CC4)n[nH]2)c(F)cn1. The summed E-state index contributed by atoms with van der Waals surface area (Å²) < 4.78 is 46.8. The second-order valence-electron chi connectivity index (χ2n) is 10.9. The molecule has 38 heavy (non-hydrogen) atoms. The minimum atomic E-state index is -3.19. The molecule has 1 aliphatic heterocycles. The van der Waals surface area contributed by atoms with Crippen LogP contribution in [0.4, 0.5) is 13.2 Å². The third kappa shape index (κ3) is 4.85. The first kappa shape index (κ1) is 26.5. The number of carbonyl (C=O) groups excluding carboxylic acids is 2. The van der Waals surface area contributed by atoms with Gasteiger partial charge in [-0.05, 0) is 57.4 Å². The van der Waals surface area contributed by atoms with E-state index in [1.165, 1.54) is 19.2 Å². The third-order valence-corrected chi connectivity index (χ3v) is 8.45. The van der Waals surface area contributed by atoms with E-state index in [9.17, 15) is 27.9 Å². The van der Waals surface area contributed by atoms with E-state index in [-0.39, 0.29) is 53.8 Å². The van der Waals surface area contributed by atoms with E-state index < -0.39 is 22.9 Å². The van der Waals surface area contributed by atoms with Gasteiger partial charge in [-0.25, -0.2) is 18.2 Å². The molecule has 2 aromatic heterocycles. The van der Waals surface area contributed by atoms with Gasteiger partial charge in [0.15, 0.2) is 11.5 Å². The molecule has 3 N–H and O–H groups in total. The number of hydrogen-bond acceptors (Lipinski definition) is 6. The molecular weight excluding hydrogens is 503 g/mol. The lowest BCUT2D eigenvalue weighted by atomic mass is 9.78. The van der Waals surface area contributed by atoms with Crippen LogP contribution in [-0.4, -0.2) is 73.8 Å². The number of piperidine rings is 1. The van der Waals surface area contributed by atoms with Crippen molar-refractivity contribution in [3.05, 3.63) is 29.8 Å². The fourth-order valence-electron chi connectivity index (χ4n) is 5.79. The Labute approximate surface area is 218 Å². The molecule has 2 saturated carbocycles. The first-order valence-corrected chi connectivity index (χ1v) is 12.9. The van der Waals surface area contributed by atoms with E-state index in [1.54, 1.807) is 4.90 Å². The molecule has 2 amide bonds. The maximum Gasteiger partial charge on any atom is 0.274 e. The van der Waals surface area contributed by atoms with E-state index >= 15 is 0 Å². The second-order valence-corrected chi connectivity index (χ2v) is 10.9. The molecule has 0 radical (unpaired) electrons. The van der Waals surface area contributed by atoms with Gasteiger partial charge in [-0.2, -0.15) is 5.10 Å². The van der Waals surface area contributed by atoms with Crippen molar-refractivity contribution in [3.63, 3.8) is 0 Å². The maximum atomic E-state index is 14.3. The summed E-state index contributed by atoms with van der Waals surface area (Å²) in [5.41, 5.74) is -1.78. The van der Waals surface area contributed by atoms with Crippen molar-refractivity contribution in [1.29, 1.82) is 0 Å². The summed E-state index contributed by atoms with van der Waals surface area (Å²) >= 11 is 0. The van der Waals surface area contributed by atoms with Gasteiger partial charge in [-0.1, -0.05) is 0 Å². The zero-order valence-corrected chi connectivity index (χ0v) is 21.4. The van der Waals surface area contributed by atoms with Gasteiger partial charge in [-0.15, -0.1) is 0 Å². The molecule has 5 rings (SSSR count). The predicted molar refractivity (Wildman–Crippen MR) is 130 cm³/mol. The Morgan fingerprint density at radius 2 is 1.92 bits per heavy atom. The Bertz CT molecular complexity index is 1220. The number of methoxy groups -OCH3 is 1. The van der Waals surface area contributed by atoms with E-state index in [4.69, 9.17) is 4.74 Å². The smallest absolute Gasteiger partial charge is 0.274 e. The first-order chi connectivity index (χ1) is 17.9. The van der Waals surface area contributed by atoms with Crippen molar-refractivity contribution in [3.8, 4) is 17.1 Å². The molecule has 206 valence electrons. The quantitative estimate of drug-likeness (QED) is 0.521. The number of nitrogens with zero attached hydrogens (tertiary/aromatic N) is 3. The van der Waals surface area contributed by atoms with Crippen molar-refractivity contribution < 1.29 is 32.6 Å². The number of ether oxygens (including phenoxy) is 1. The van der Waals surface area contributed by atoms with Crippen molar-refractivity contribution in [1.82, 2.24) is 25.4 Å². The number of amides is 2. The molecule has 9 nitrogen and oxygen atoms in total. The Morgan fingerprint density at radius 3 is 2.55 bits per heavy atom. The number of aliphatic hydroxyl groups is 1. The van der Waals surface area contributed by atoms with Crippen molar-refractivity contribution in [2.75, 3.05) is 13.7 Å². The highest BCUT2D eigenvalue weighted by atomic mass is 19.3. The topological polar surface area (TPSA) is 120 Å². The highest BCUT2D eigenvalue weighted by molar-refractivity contribution is 5.94. The maximum absolute atomic E-state index is 14.3. The molecule has 1 spiro atoms. The largest absolute Gasteiger partial charge is 0.481 e. The summed E-state index contributed by atoms with van der Waals surface area (Å²) in [7, 11) is 1.42. The van der Waals surface area contributed by atoms with Gasteiger partial charge >= 0.3 is 0 Å². The van der Waals surface area contributed by atoms with Gasteiger partial charge in [0.05, 0.1) is 19.0 Å². The van der Waals surface area contributed by atoms with E-state index in [1.807, 2.05) is 0 Å². The van der Waals surface area contributed by atoms with E-state index in [2.05, 4.69) is 20.5 Å². The summed E-state index contributed by atoms with van der Waals surface area (Å²) in [6, 6.07) is 2.67. The number of pyridine rings is 1. The van der Waals surface area contributed by atoms with Crippen LogP contribution in [0, 0.1) is 11.7 Å². The number of carbonyl (C=O) groups is 2. The number of rotatable bonds is 6. The van der Waals surface area contributed by atoms with E-state index in [0.717, 1.165) is 26.0 Å². The number of aromatic nitrogens is 3. The van der Waals surface area contributed by atoms with Crippen LogP contribution in [0.25, 0.3) is 11.3 Å². The van der Waals surface area contributed by atoms with Gasteiger partial charge in [0.1, 0.15) is 5.60 Å². The lowest BCUT2D eigenvalue weighted by molar-refractivity contribution is -0.186. The Hall–Kier alpha value is -3.15. The van der Waals surface area contributed by atoms with Crippen LogP contribution in [0.2, 0.25) is 0 Å². The van der Waals surface area contributed by atoms with Crippen molar-refractivity contribution in [2.24, 2.45) is 5.92 Å². The monoisotopic (exact) mass is 535 g/mol. The number of alkyl halides is 2. The van der Waals surface area contributed by atoms with Crippen LogP contribution in [0.3, 0.4) is 0 Å². The molecule has 1 saturated heterocycles. The molecular formula is C26H32F3N5O4. The average molecular weight is 536 g/mol. The van der Waals surface area contributed by atoms with Crippen molar-refractivity contribution >= 4 is 11.8 Å². The van der Waals surface area contributed by atoms with Crippen LogP contribution in [0.15, 0.2) is 18.3 Å². The second kappa shape index (κ2) is 9.55. The molecule has 0 aromatic carbocycles. The van der Waals surface area contributed by atoms with Gasteiger partial charge in [0.2, 0.25) is 11.8 Å².